The number of hydrogen-bond donors (Lipinski definition) is 0. The zero-order chi connectivity index (χ0) is 15.2. The van der Waals surface area contributed by atoms with Crippen molar-refractivity contribution >= 4 is 22.6 Å². The summed E-state index contributed by atoms with van der Waals surface area (Å²) in [6, 6.07) is 7.59. The summed E-state index contributed by atoms with van der Waals surface area (Å²) in [4.78, 5) is 4.54. The molecule has 21 heavy (non-hydrogen) atoms. The van der Waals surface area contributed by atoms with E-state index in [0.29, 0.717) is 31.9 Å². The van der Waals surface area contributed by atoms with Crippen molar-refractivity contribution in [2.24, 2.45) is 0 Å². The molecule has 0 aliphatic carbocycles. The van der Waals surface area contributed by atoms with E-state index in [-0.39, 0.29) is 5.38 Å². The van der Waals surface area contributed by atoms with Crippen LogP contribution in [0.15, 0.2) is 18.2 Å². The molecule has 2 aromatic rings. The lowest BCUT2D eigenvalue weighted by Crippen LogP contribution is -2.12. The van der Waals surface area contributed by atoms with Crippen molar-refractivity contribution in [2.75, 3.05) is 26.9 Å². The Kier molecular flexibility index (Phi) is 5.57. The molecule has 1 unspecified atom stereocenters. The number of aromatic nitrogens is 2. The molecular weight excluding hydrogens is 290 g/mol. The number of nitriles is 1. The van der Waals surface area contributed by atoms with Gasteiger partial charge in [0.2, 0.25) is 0 Å². The molecule has 1 heterocycles. The highest BCUT2D eigenvalue weighted by molar-refractivity contribution is 6.20. The number of benzene rings is 1. The van der Waals surface area contributed by atoms with E-state index in [1.54, 1.807) is 13.2 Å². The molecule has 0 saturated carbocycles. The highest BCUT2D eigenvalue weighted by atomic mass is 35.5. The topological polar surface area (TPSA) is 60.1 Å². The molecule has 0 spiro atoms. The van der Waals surface area contributed by atoms with Gasteiger partial charge in [0.1, 0.15) is 5.82 Å². The average Bonchev–Trinajstić information content (AvgIpc) is 2.85. The summed E-state index contributed by atoms with van der Waals surface area (Å²) in [6.07, 6.45) is 0. The number of ether oxygens (including phenoxy) is 2. The third kappa shape index (κ3) is 3.73. The number of alkyl halides is 1. The van der Waals surface area contributed by atoms with E-state index in [4.69, 9.17) is 26.3 Å². The van der Waals surface area contributed by atoms with E-state index in [2.05, 4.69) is 11.1 Å². The number of halogens is 1. The minimum atomic E-state index is -0.207. The number of nitrogens with zero attached hydrogens (tertiary/aromatic N) is 3. The lowest BCUT2D eigenvalue weighted by atomic mass is 10.2. The molecule has 2 rings (SSSR count). The molecule has 5 nitrogen and oxygen atoms in total. The first kappa shape index (κ1) is 15.8. The van der Waals surface area contributed by atoms with Gasteiger partial charge >= 0.3 is 0 Å². The SMILES string of the molecule is COCCOCCn1c(C(C)Cl)nc2ccc(C#N)cc21. The summed E-state index contributed by atoms with van der Waals surface area (Å²) < 4.78 is 12.5. The largest absolute Gasteiger partial charge is 0.382 e. The molecule has 6 heteroatoms. The lowest BCUT2D eigenvalue weighted by molar-refractivity contribution is 0.0667. The Labute approximate surface area is 129 Å². The Morgan fingerprint density at radius 2 is 2.19 bits per heavy atom. The van der Waals surface area contributed by atoms with Gasteiger partial charge in [-0.05, 0) is 25.1 Å². The summed E-state index contributed by atoms with van der Waals surface area (Å²) in [5.41, 5.74) is 2.36. The molecular formula is C15H18ClN3O2. The first-order chi connectivity index (χ1) is 10.2. The number of fused-ring (bicyclic) bond motifs is 1. The van der Waals surface area contributed by atoms with E-state index >= 15 is 0 Å². The van der Waals surface area contributed by atoms with Gasteiger partial charge in [0.05, 0.1) is 47.9 Å². The maximum Gasteiger partial charge on any atom is 0.127 e. The Balaban J connectivity index is 2.25. The van der Waals surface area contributed by atoms with Crippen LogP contribution in [0.25, 0.3) is 11.0 Å². The van der Waals surface area contributed by atoms with Gasteiger partial charge in [-0.25, -0.2) is 4.98 Å². The molecule has 112 valence electrons. The van der Waals surface area contributed by atoms with Crippen molar-refractivity contribution in [3.8, 4) is 6.07 Å². The van der Waals surface area contributed by atoms with E-state index in [1.165, 1.54) is 0 Å². The van der Waals surface area contributed by atoms with Gasteiger partial charge in [0.15, 0.2) is 0 Å². The van der Waals surface area contributed by atoms with Gasteiger partial charge < -0.3 is 14.0 Å². The molecule has 1 aromatic carbocycles. The fraction of sp³-hybridized carbons (Fsp3) is 0.467. The lowest BCUT2D eigenvalue weighted by Gasteiger charge is -2.11. The molecule has 0 radical (unpaired) electrons. The van der Waals surface area contributed by atoms with Gasteiger partial charge in [0.25, 0.3) is 0 Å². The fourth-order valence-electron chi connectivity index (χ4n) is 2.15. The van der Waals surface area contributed by atoms with E-state index in [9.17, 15) is 0 Å². The first-order valence-electron chi connectivity index (χ1n) is 6.78. The Hall–Kier alpha value is -1.61. The number of hydrogen-bond acceptors (Lipinski definition) is 4. The van der Waals surface area contributed by atoms with Crippen LogP contribution in [0, 0.1) is 11.3 Å². The number of methoxy groups -OCH3 is 1. The Morgan fingerprint density at radius 1 is 1.38 bits per heavy atom. The minimum absolute atomic E-state index is 0.207. The summed E-state index contributed by atoms with van der Waals surface area (Å²) in [6.45, 7) is 4.19. The van der Waals surface area contributed by atoms with Gasteiger partial charge in [-0.3, -0.25) is 0 Å². The van der Waals surface area contributed by atoms with Crippen molar-refractivity contribution in [1.82, 2.24) is 9.55 Å². The van der Waals surface area contributed by atoms with Crippen LogP contribution in [-0.4, -0.2) is 36.5 Å². The molecule has 1 aromatic heterocycles. The third-order valence-corrected chi connectivity index (χ3v) is 3.35. The van der Waals surface area contributed by atoms with Crippen molar-refractivity contribution in [3.05, 3.63) is 29.6 Å². The minimum Gasteiger partial charge on any atom is -0.382 e. The van der Waals surface area contributed by atoms with Gasteiger partial charge in [0, 0.05) is 13.7 Å². The Bertz CT molecular complexity index is 646. The van der Waals surface area contributed by atoms with Gasteiger partial charge in [-0.15, -0.1) is 11.6 Å². The van der Waals surface area contributed by atoms with E-state index in [1.807, 2.05) is 23.6 Å². The second-order valence-electron chi connectivity index (χ2n) is 4.66. The highest BCUT2D eigenvalue weighted by Gasteiger charge is 2.15. The molecule has 0 aliphatic rings. The monoisotopic (exact) mass is 307 g/mol. The van der Waals surface area contributed by atoms with Crippen LogP contribution in [-0.2, 0) is 16.0 Å². The highest BCUT2D eigenvalue weighted by Crippen LogP contribution is 2.25. The zero-order valence-corrected chi connectivity index (χ0v) is 12.9. The molecule has 0 fully saturated rings. The fourth-order valence-corrected chi connectivity index (χ4v) is 2.32. The van der Waals surface area contributed by atoms with Crippen molar-refractivity contribution in [1.29, 1.82) is 5.26 Å². The van der Waals surface area contributed by atoms with Crippen molar-refractivity contribution in [3.63, 3.8) is 0 Å². The molecule has 0 saturated heterocycles. The van der Waals surface area contributed by atoms with Crippen LogP contribution in [0.4, 0.5) is 0 Å². The third-order valence-electron chi connectivity index (χ3n) is 3.15. The number of imidazole rings is 1. The predicted molar refractivity (Wildman–Crippen MR) is 81.4 cm³/mol. The summed E-state index contributed by atoms with van der Waals surface area (Å²) in [5, 5.41) is 8.83. The van der Waals surface area contributed by atoms with Crippen LogP contribution in [0.5, 0.6) is 0 Å². The second kappa shape index (κ2) is 7.41. The smallest absolute Gasteiger partial charge is 0.127 e. The predicted octanol–water partition coefficient (Wildman–Crippen LogP) is 2.87. The summed E-state index contributed by atoms with van der Waals surface area (Å²) in [5.74, 6) is 0.789. The average molecular weight is 308 g/mol. The molecule has 1 atom stereocenters. The molecule has 0 N–H and O–H groups in total. The normalized spacial score (nSPS) is 12.5. The van der Waals surface area contributed by atoms with E-state index in [0.717, 1.165) is 16.9 Å². The van der Waals surface area contributed by atoms with Gasteiger partial charge in [-0.2, -0.15) is 5.26 Å². The Morgan fingerprint density at radius 3 is 2.86 bits per heavy atom. The molecule has 0 amide bonds. The standard InChI is InChI=1S/C15H18ClN3O2/c1-11(16)15-18-13-4-3-12(10-17)9-14(13)19(15)5-6-21-8-7-20-2/h3-4,9,11H,5-8H2,1-2H3. The summed E-state index contributed by atoms with van der Waals surface area (Å²) in [7, 11) is 1.64. The van der Waals surface area contributed by atoms with Crippen LogP contribution in [0.2, 0.25) is 0 Å². The molecule has 0 aliphatic heterocycles. The second-order valence-corrected chi connectivity index (χ2v) is 5.31. The van der Waals surface area contributed by atoms with Crippen molar-refractivity contribution in [2.45, 2.75) is 18.8 Å². The molecule has 0 bridgehead atoms. The summed E-state index contributed by atoms with van der Waals surface area (Å²) >= 11 is 6.21. The zero-order valence-electron chi connectivity index (χ0n) is 12.2. The van der Waals surface area contributed by atoms with Crippen molar-refractivity contribution < 1.29 is 9.47 Å². The van der Waals surface area contributed by atoms with Crippen LogP contribution in [0.1, 0.15) is 23.7 Å². The maximum atomic E-state index is 9.03. The first-order valence-corrected chi connectivity index (χ1v) is 7.22. The maximum absolute atomic E-state index is 9.03. The number of rotatable bonds is 7. The van der Waals surface area contributed by atoms with Crippen LogP contribution >= 0.6 is 11.6 Å². The van der Waals surface area contributed by atoms with Crippen LogP contribution in [0.3, 0.4) is 0 Å². The van der Waals surface area contributed by atoms with Crippen LogP contribution < -0.4 is 0 Å². The quantitative estimate of drug-likeness (QED) is 0.583. The van der Waals surface area contributed by atoms with Gasteiger partial charge in [-0.1, -0.05) is 0 Å². The van der Waals surface area contributed by atoms with E-state index < -0.39 is 0 Å².